The first-order valence-corrected chi connectivity index (χ1v) is 11.6. The molecule has 0 N–H and O–H groups in total. The Hall–Kier alpha value is -3.85. The molecule has 0 amide bonds. The largest absolute Gasteiger partial charge is 0.496 e. The number of fused-ring (bicyclic) bond motifs is 2. The molecule has 34 heavy (non-hydrogen) atoms. The maximum absolute atomic E-state index is 13.7. The number of benzene rings is 2. The molecule has 0 spiro atoms. The Bertz CT molecular complexity index is 1500. The van der Waals surface area contributed by atoms with Crippen molar-refractivity contribution in [2.45, 2.75) is 19.9 Å². The number of thiazole rings is 1. The van der Waals surface area contributed by atoms with E-state index in [2.05, 4.69) is 4.99 Å². The lowest BCUT2D eigenvalue weighted by Crippen LogP contribution is -2.40. The Morgan fingerprint density at radius 3 is 2.82 bits per heavy atom. The molecule has 0 fully saturated rings. The number of carbonyl (C=O) groups is 1. The molecular formula is C25H22N2O6S. The first kappa shape index (κ1) is 22.0. The molecule has 0 bridgehead atoms. The number of aromatic nitrogens is 1. The number of rotatable bonds is 5. The third-order valence-corrected chi connectivity index (χ3v) is 6.63. The first-order chi connectivity index (χ1) is 16.5. The van der Waals surface area contributed by atoms with Crippen molar-refractivity contribution in [2.75, 3.05) is 20.5 Å². The van der Waals surface area contributed by atoms with Crippen LogP contribution in [0, 0.1) is 0 Å². The van der Waals surface area contributed by atoms with Gasteiger partial charge in [-0.05, 0) is 43.7 Å². The Balaban J connectivity index is 1.72. The fraction of sp³-hybridized carbons (Fsp3) is 0.240. The lowest BCUT2D eigenvalue weighted by molar-refractivity contribution is -0.139. The number of para-hydroxylation sites is 1. The normalized spacial score (nSPS) is 16.8. The van der Waals surface area contributed by atoms with E-state index in [0.29, 0.717) is 43.4 Å². The molecule has 2 aromatic carbocycles. The minimum atomic E-state index is -0.731. The van der Waals surface area contributed by atoms with Crippen LogP contribution in [0.15, 0.2) is 63.5 Å². The van der Waals surface area contributed by atoms with Crippen molar-refractivity contribution in [3.05, 3.63) is 84.5 Å². The van der Waals surface area contributed by atoms with E-state index in [1.54, 1.807) is 37.7 Å². The Kier molecular flexibility index (Phi) is 5.70. The highest BCUT2D eigenvalue weighted by Crippen LogP contribution is 2.36. The predicted octanol–water partition coefficient (Wildman–Crippen LogP) is 2.54. The molecule has 0 aliphatic carbocycles. The average Bonchev–Trinajstić information content (AvgIpc) is 3.42. The third-order valence-electron chi connectivity index (χ3n) is 5.64. The average molecular weight is 479 g/mol. The van der Waals surface area contributed by atoms with Crippen LogP contribution in [0.1, 0.15) is 31.0 Å². The molecule has 0 saturated heterocycles. The van der Waals surface area contributed by atoms with Crippen molar-refractivity contribution < 1.29 is 23.7 Å². The van der Waals surface area contributed by atoms with E-state index in [1.165, 1.54) is 11.3 Å². The van der Waals surface area contributed by atoms with Crippen LogP contribution in [0.3, 0.4) is 0 Å². The zero-order valence-corrected chi connectivity index (χ0v) is 19.7. The number of allylic oxidation sites excluding steroid dienone is 1. The standard InChI is InChI=1S/C25H22N2O6S/c1-4-31-24(29)21-14(2)26-25-27(22(21)16-7-5-6-8-17(16)30-3)23(28)20(34-25)12-15-9-10-18-19(11-15)33-13-32-18/h5-12,22H,4,13H2,1-3H3/t22-/m1/s1. The monoisotopic (exact) mass is 478 g/mol. The molecule has 1 aromatic heterocycles. The predicted molar refractivity (Wildman–Crippen MR) is 126 cm³/mol. The lowest BCUT2D eigenvalue weighted by Gasteiger charge is -2.25. The minimum absolute atomic E-state index is 0.176. The fourth-order valence-corrected chi connectivity index (χ4v) is 5.18. The summed E-state index contributed by atoms with van der Waals surface area (Å²) in [6.07, 6.45) is 1.79. The Morgan fingerprint density at radius 2 is 2.03 bits per heavy atom. The zero-order chi connectivity index (χ0) is 23.8. The van der Waals surface area contributed by atoms with Gasteiger partial charge in [0.05, 0.1) is 29.5 Å². The van der Waals surface area contributed by atoms with Gasteiger partial charge in [0.25, 0.3) is 5.56 Å². The Morgan fingerprint density at radius 1 is 1.24 bits per heavy atom. The zero-order valence-electron chi connectivity index (χ0n) is 18.9. The summed E-state index contributed by atoms with van der Waals surface area (Å²) >= 11 is 1.26. The van der Waals surface area contributed by atoms with Gasteiger partial charge in [-0.15, -0.1) is 0 Å². The van der Waals surface area contributed by atoms with Gasteiger partial charge < -0.3 is 18.9 Å². The van der Waals surface area contributed by atoms with Gasteiger partial charge >= 0.3 is 5.97 Å². The summed E-state index contributed by atoms with van der Waals surface area (Å²) in [6.45, 7) is 3.88. The molecule has 0 radical (unpaired) electrons. The quantitative estimate of drug-likeness (QED) is 0.524. The van der Waals surface area contributed by atoms with E-state index in [-0.39, 0.29) is 19.0 Å². The maximum atomic E-state index is 13.7. The molecule has 1 atom stereocenters. The van der Waals surface area contributed by atoms with Crippen molar-refractivity contribution >= 4 is 23.4 Å². The van der Waals surface area contributed by atoms with Crippen molar-refractivity contribution in [2.24, 2.45) is 4.99 Å². The highest BCUT2D eigenvalue weighted by molar-refractivity contribution is 7.07. The Labute approximate surface area is 199 Å². The van der Waals surface area contributed by atoms with Crippen LogP contribution in [0.5, 0.6) is 17.2 Å². The van der Waals surface area contributed by atoms with Crippen LogP contribution in [-0.4, -0.2) is 31.0 Å². The van der Waals surface area contributed by atoms with Gasteiger partial charge in [-0.3, -0.25) is 9.36 Å². The highest BCUT2D eigenvalue weighted by Gasteiger charge is 2.34. The summed E-state index contributed by atoms with van der Waals surface area (Å²) in [5.74, 6) is 1.36. The van der Waals surface area contributed by atoms with Gasteiger partial charge in [-0.1, -0.05) is 35.6 Å². The number of esters is 1. The minimum Gasteiger partial charge on any atom is -0.496 e. The second kappa shape index (κ2) is 8.83. The second-order valence-electron chi connectivity index (χ2n) is 7.66. The van der Waals surface area contributed by atoms with Crippen LogP contribution >= 0.6 is 11.3 Å². The topological polar surface area (TPSA) is 88.4 Å². The van der Waals surface area contributed by atoms with Crippen LogP contribution in [0.4, 0.5) is 0 Å². The lowest BCUT2D eigenvalue weighted by atomic mass is 9.95. The number of hydrogen-bond acceptors (Lipinski definition) is 8. The van der Waals surface area contributed by atoms with Crippen LogP contribution in [0.2, 0.25) is 0 Å². The van der Waals surface area contributed by atoms with Crippen molar-refractivity contribution in [3.8, 4) is 17.2 Å². The van der Waals surface area contributed by atoms with Gasteiger partial charge in [-0.25, -0.2) is 9.79 Å². The number of carbonyl (C=O) groups excluding carboxylic acids is 1. The van der Waals surface area contributed by atoms with Gasteiger partial charge in [-0.2, -0.15) is 0 Å². The first-order valence-electron chi connectivity index (χ1n) is 10.7. The highest BCUT2D eigenvalue weighted by atomic mass is 32.1. The van der Waals surface area contributed by atoms with Gasteiger partial charge in [0.15, 0.2) is 16.3 Å². The molecule has 5 rings (SSSR count). The van der Waals surface area contributed by atoms with Crippen molar-refractivity contribution in [1.29, 1.82) is 0 Å². The van der Waals surface area contributed by atoms with Gasteiger partial charge in [0.2, 0.25) is 6.79 Å². The fourth-order valence-electron chi connectivity index (χ4n) is 4.13. The molecule has 174 valence electrons. The molecule has 8 nitrogen and oxygen atoms in total. The number of methoxy groups -OCH3 is 1. The molecule has 3 aromatic rings. The smallest absolute Gasteiger partial charge is 0.338 e. The van der Waals surface area contributed by atoms with E-state index in [1.807, 2.05) is 36.4 Å². The molecule has 3 heterocycles. The molecule has 0 saturated carbocycles. The van der Waals surface area contributed by atoms with E-state index < -0.39 is 12.0 Å². The molecule has 2 aliphatic rings. The summed E-state index contributed by atoms with van der Waals surface area (Å²) in [6, 6.07) is 12.1. The summed E-state index contributed by atoms with van der Waals surface area (Å²) in [7, 11) is 1.56. The van der Waals surface area contributed by atoms with Gasteiger partial charge in [0.1, 0.15) is 11.8 Å². The molecule has 0 unspecified atom stereocenters. The third kappa shape index (κ3) is 3.67. The molecule has 2 aliphatic heterocycles. The number of hydrogen-bond donors (Lipinski definition) is 0. The van der Waals surface area contributed by atoms with E-state index in [9.17, 15) is 9.59 Å². The number of ether oxygens (including phenoxy) is 4. The number of nitrogens with zero attached hydrogens (tertiary/aromatic N) is 2. The summed E-state index contributed by atoms with van der Waals surface area (Å²) in [4.78, 5) is 31.8. The van der Waals surface area contributed by atoms with E-state index in [0.717, 1.165) is 5.56 Å². The van der Waals surface area contributed by atoms with Crippen molar-refractivity contribution in [3.63, 3.8) is 0 Å². The maximum Gasteiger partial charge on any atom is 0.338 e. The second-order valence-corrected chi connectivity index (χ2v) is 8.67. The summed E-state index contributed by atoms with van der Waals surface area (Å²) in [5.41, 5.74) is 2.04. The summed E-state index contributed by atoms with van der Waals surface area (Å²) < 4.78 is 23.8. The van der Waals surface area contributed by atoms with E-state index in [4.69, 9.17) is 18.9 Å². The molecule has 9 heteroatoms. The van der Waals surface area contributed by atoms with E-state index >= 15 is 0 Å². The van der Waals surface area contributed by atoms with Crippen molar-refractivity contribution in [1.82, 2.24) is 4.57 Å². The summed E-state index contributed by atoms with van der Waals surface area (Å²) in [5, 5.41) is 0. The SMILES string of the molecule is CCOC(=O)C1=C(C)N=c2sc(=Cc3ccc4c(c3)OCO4)c(=O)n2[C@@H]1c1ccccc1OC. The van der Waals surface area contributed by atoms with Gasteiger partial charge in [0, 0.05) is 5.56 Å². The van der Waals surface area contributed by atoms with Crippen LogP contribution in [0.25, 0.3) is 6.08 Å². The van der Waals surface area contributed by atoms with Crippen LogP contribution < -0.4 is 29.1 Å². The van der Waals surface area contributed by atoms with Crippen LogP contribution in [-0.2, 0) is 9.53 Å². The molecular weight excluding hydrogens is 456 g/mol.